The van der Waals surface area contributed by atoms with Crippen LogP contribution in [0.15, 0.2) is 91.0 Å². The fourth-order valence-electron chi connectivity index (χ4n) is 3.38. The van der Waals surface area contributed by atoms with Crippen LogP contribution in [-0.4, -0.2) is 27.7 Å². The number of hydrogen-bond acceptors (Lipinski definition) is 7. The molecule has 0 saturated carbocycles. The van der Waals surface area contributed by atoms with Gasteiger partial charge in [-0.05, 0) is 23.3 Å². The van der Waals surface area contributed by atoms with Crippen molar-refractivity contribution in [3.63, 3.8) is 0 Å². The summed E-state index contributed by atoms with van der Waals surface area (Å²) >= 11 is 0. The molecule has 4 aromatic rings. The average molecular weight is 472 g/mol. The second-order valence-electron chi connectivity index (χ2n) is 7.73. The van der Waals surface area contributed by atoms with Crippen molar-refractivity contribution in [3.8, 4) is 34.5 Å². The molecular weight excluding hydrogens is 448 g/mol. The first-order valence-corrected chi connectivity index (χ1v) is 10.9. The molecule has 4 rings (SSSR count). The summed E-state index contributed by atoms with van der Waals surface area (Å²) in [5, 5.41) is 29.4. The second-order valence-corrected chi connectivity index (χ2v) is 7.73. The van der Waals surface area contributed by atoms with Gasteiger partial charge in [0.15, 0.2) is 18.1 Å². The van der Waals surface area contributed by atoms with Crippen LogP contribution in [-0.2, 0) is 13.2 Å². The molecular formula is C28H24O7. The normalized spacial score (nSPS) is 10.5. The Bertz CT molecular complexity index is 1260. The van der Waals surface area contributed by atoms with Crippen molar-refractivity contribution in [1.82, 2.24) is 0 Å². The van der Waals surface area contributed by atoms with Crippen LogP contribution in [0, 0.1) is 0 Å². The van der Waals surface area contributed by atoms with Crippen LogP contribution in [0.5, 0.6) is 34.5 Å². The Morgan fingerprint density at radius 1 is 0.629 bits per heavy atom. The van der Waals surface area contributed by atoms with Gasteiger partial charge in [0.1, 0.15) is 41.8 Å². The fraction of sp³-hybridized carbons (Fsp3) is 0.107. The van der Waals surface area contributed by atoms with Crippen molar-refractivity contribution in [2.75, 3.05) is 6.61 Å². The van der Waals surface area contributed by atoms with Crippen molar-refractivity contribution < 1.29 is 34.3 Å². The van der Waals surface area contributed by atoms with Gasteiger partial charge >= 0.3 is 0 Å². The van der Waals surface area contributed by atoms with E-state index in [0.29, 0.717) is 23.9 Å². The monoisotopic (exact) mass is 472 g/mol. The molecule has 0 aromatic heterocycles. The standard InChI is InChI=1S/C28H24O7/c29-21-13-23(30)28(24(31)14-21)25(32)18-35-26-12-11-22(33-16-19-7-3-1-4-8-19)15-27(26)34-17-20-9-5-2-6-10-20/h1-15,29-31H,16-18H2. The molecule has 0 aliphatic rings. The van der Waals surface area contributed by atoms with Crippen molar-refractivity contribution in [2.24, 2.45) is 0 Å². The molecule has 0 spiro atoms. The molecule has 4 aromatic carbocycles. The number of ether oxygens (including phenoxy) is 3. The highest BCUT2D eigenvalue weighted by Crippen LogP contribution is 2.35. The van der Waals surface area contributed by atoms with E-state index >= 15 is 0 Å². The molecule has 3 N–H and O–H groups in total. The average Bonchev–Trinajstić information content (AvgIpc) is 2.86. The molecule has 0 unspecified atom stereocenters. The quantitative estimate of drug-likeness (QED) is 0.272. The maximum atomic E-state index is 12.6. The summed E-state index contributed by atoms with van der Waals surface area (Å²) in [6, 6.07) is 26.3. The predicted molar refractivity (Wildman–Crippen MR) is 129 cm³/mol. The summed E-state index contributed by atoms with van der Waals surface area (Å²) in [6.45, 7) is 0.168. The third kappa shape index (κ3) is 6.23. The molecule has 7 heteroatoms. The summed E-state index contributed by atoms with van der Waals surface area (Å²) < 4.78 is 17.5. The van der Waals surface area contributed by atoms with Crippen molar-refractivity contribution in [1.29, 1.82) is 0 Å². The molecule has 0 radical (unpaired) electrons. The maximum absolute atomic E-state index is 12.6. The Kier molecular flexibility index (Phi) is 7.37. The number of hydrogen-bond donors (Lipinski definition) is 3. The van der Waals surface area contributed by atoms with Crippen LogP contribution in [0.2, 0.25) is 0 Å². The van der Waals surface area contributed by atoms with Crippen LogP contribution < -0.4 is 14.2 Å². The third-order valence-electron chi connectivity index (χ3n) is 5.12. The highest BCUT2D eigenvalue weighted by atomic mass is 16.5. The lowest BCUT2D eigenvalue weighted by Crippen LogP contribution is -2.13. The van der Waals surface area contributed by atoms with Crippen LogP contribution in [0.3, 0.4) is 0 Å². The topological polar surface area (TPSA) is 105 Å². The van der Waals surface area contributed by atoms with Crippen LogP contribution in [0.4, 0.5) is 0 Å². The molecule has 178 valence electrons. The van der Waals surface area contributed by atoms with Crippen LogP contribution in [0.25, 0.3) is 0 Å². The molecule has 0 saturated heterocycles. The van der Waals surface area contributed by atoms with Gasteiger partial charge in [-0.25, -0.2) is 0 Å². The molecule has 0 heterocycles. The number of benzene rings is 4. The first kappa shape index (κ1) is 23.5. The molecule has 0 atom stereocenters. The van der Waals surface area contributed by atoms with Gasteiger partial charge in [-0.3, -0.25) is 4.79 Å². The minimum absolute atomic E-state index is 0.271. The summed E-state index contributed by atoms with van der Waals surface area (Å²) in [6.07, 6.45) is 0. The summed E-state index contributed by atoms with van der Waals surface area (Å²) in [4.78, 5) is 12.6. The molecule has 7 nitrogen and oxygen atoms in total. The van der Waals surface area contributed by atoms with E-state index in [2.05, 4.69) is 0 Å². The zero-order valence-corrected chi connectivity index (χ0v) is 18.8. The third-order valence-corrected chi connectivity index (χ3v) is 5.12. The van der Waals surface area contributed by atoms with Gasteiger partial charge in [-0.2, -0.15) is 0 Å². The zero-order chi connectivity index (χ0) is 24.6. The Labute approximate surface area is 202 Å². The Balaban J connectivity index is 1.50. The lowest BCUT2D eigenvalue weighted by atomic mass is 10.1. The maximum Gasteiger partial charge on any atom is 0.207 e. The van der Waals surface area contributed by atoms with E-state index in [9.17, 15) is 20.1 Å². The van der Waals surface area contributed by atoms with E-state index in [-0.39, 0.29) is 17.9 Å². The largest absolute Gasteiger partial charge is 0.508 e. The number of aromatic hydroxyl groups is 3. The zero-order valence-electron chi connectivity index (χ0n) is 18.8. The molecule has 0 aliphatic carbocycles. The van der Waals surface area contributed by atoms with Gasteiger partial charge in [0.2, 0.25) is 5.78 Å². The number of phenols is 3. The van der Waals surface area contributed by atoms with Gasteiger partial charge < -0.3 is 29.5 Å². The van der Waals surface area contributed by atoms with E-state index in [0.717, 1.165) is 23.3 Å². The van der Waals surface area contributed by atoms with Gasteiger partial charge in [0, 0.05) is 18.2 Å². The molecule has 0 fully saturated rings. The van der Waals surface area contributed by atoms with Gasteiger partial charge in [0.05, 0.1) is 0 Å². The SMILES string of the molecule is O=C(COc1ccc(OCc2ccccc2)cc1OCc1ccccc1)c1c(O)cc(O)cc1O. The minimum atomic E-state index is -0.668. The van der Waals surface area contributed by atoms with E-state index in [1.807, 2.05) is 60.7 Å². The van der Waals surface area contributed by atoms with Crippen molar-refractivity contribution in [2.45, 2.75) is 13.2 Å². The predicted octanol–water partition coefficient (Wildman–Crippen LogP) is 5.22. The lowest BCUT2D eigenvalue weighted by Gasteiger charge is -2.15. The van der Waals surface area contributed by atoms with Crippen LogP contribution >= 0.6 is 0 Å². The number of carbonyl (C=O) groups excluding carboxylic acids is 1. The number of phenolic OH excluding ortho intramolecular Hbond substituents is 3. The Morgan fingerprint density at radius 2 is 1.20 bits per heavy atom. The number of rotatable bonds is 10. The molecule has 0 aliphatic heterocycles. The molecule has 35 heavy (non-hydrogen) atoms. The first-order chi connectivity index (χ1) is 17.0. The lowest BCUT2D eigenvalue weighted by molar-refractivity contribution is 0.0912. The summed E-state index contributed by atoms with van der Waals surface area (Å²) in [5.74, 6) is -0.893. The van der Waals surface area contributed by atoms with E-state index < -0.39 is 23.9 Å². The second kappa shape index (κ2) is 11.0. The van der Waals surface area contributed by atoms with Crippen LogP contribution in [0.1, 0.15) is 21.5 Å². The summed E-state index contributed by atoms with van der Waals surface area (Å²) in [5.41, 5.74) is 1.63. The van der Waals surface area contributed by atoms with Gasteiger partial charge in [-0.1, -0.05) is 60.7 Å². The highest BCUT2D eigenvalue weighted by molar-refractivity contribution is 6.02. The number of Topliss-reactive ketones (excluding diaryl/α,β-unsaturated/α-hetero) is 1. The van der Waals surface area contributed by atoms with Crippen molar-refractivity contribution in [3.05, 3.63) is 108 Å². The van der Waals surface area contributed by atoms with Crippen molar-refractivity contribution >= 4 is 5.78 Å². The Hall–Kier alpha value is -4.65. The highest BCUT2D eigenvalue weighted by Gasteiger charge is 2.19. The minimum Gasteiger partial charge on any atom is -0.508 e. The smallest absolute Gasteiger partial charge is 0.207 e. The Morgan fingerprint density at radius 3 is 1.80 bits per heavy atom. The van der Waals surface area contributed by atoms with E-state index in [1.54, 1.807) is 18.2 Å². The molecule has 0 bridgehead atoms. The van der Waals surface area contributed by atoms with Gasteiger partial charge in [-0.15, -0.1) is 0 Å². The summed E-state index contributed by atoms with van der Waals surface area (Å²) in [7, 11) is 0. The fourth-order valence-corrected chi connectivity index (χ4v) is 3.38. The first-order valence-electron chi connectivity index (χ1n) is 10.9. The van der Waals surface area contributed by atoms with E-state index in [4.69, 9.17) is 14.2 Å². The number of ketones is 1. The molecule has 0 amide bonds. The number of carbonyl (C=O) groups is 1. The van der Waals surface area contributed by atoms with E-state index in [1.165, 1.54) is 0 Å². The van der Waals surface area contributed by atoms with Gasteiger partial charge in [0.25, 0.3) is 0 Å².